The number of hydrogen-bond acceptors (Lipinski definition) is 9. The molecule has 294 valence electrons. The van der Waals surface area contributed by atoms with Gasteiger partial charge in [0.2, 0.25) is 11.7 Å². The molecule has 0 saturated heterocycles. The first-order chi connectivity index (χ1) is 26.8. The van der Waals surface area contributed by atoms with Crippen molar-refractivity contribution in [3.05, 3.63) is 108 Å². The summed E-state index contributed by atoms with van der Waals surface area (Å²) in [6.45, 7) is 8.40. The number of nitrogens with one attached hydrogen (secondary N) is 1. The van der Waals surface area contributed by atoms with Gasteiger partial charge >= 0.3 is 0 Å². The van der Waals surface area contributed by atoms with Gasteiger partial charge in [0, 0.05) is 54.2 Å². The second kappa shape index (κ2) is 19.1. The van der Waals surface area contributed by atoms with Gasteiger partial charge < -0.3 is 34.6 Å². The zero-order valence-corrected chi connectivity index (χ0v) is 32.6. The molecule has 55 heavy (non-hydrogen) atoms. The molecule has 6 atom stereocenters. The number of halogens is 1. The number of benzene rings is 3. The summed E-state index contributed by atoms with van der Waals surface area (Å²) >= 11 is 1.65. The number of oxime groups is 1. The number of aliphatic hydroxyl groups excluding tert-OH is 2. The average Bonchev–Trinajstić information content (AvgIpc) is 3.18. The first kappa shape index (κ1) is 40.5. The molecule has 11 heteroatoms. The number of anilines is 1. The van der Waals surface area contributed by atoms with Gasteiger partial charge in [-0.1, -0.05) is 48.3 Å². The third kappa shape index (κ3) is 9.28. The van der Waals surface area contributed by atoms with Crippen molar-refractivity contribution in [2.24, 2.45) is 22.9 Å². The van der Waals surface area contributed by atoms with Crippen LogP contribution in [0.5, 0.6) is 11.5 Å². The Kier molecular flexibility index (Phi) is 14.1. The monoisotopic (exact) mass is 772 g/mol. The van der Waals surface area contributed by atoms with Crippen molar-refractivity contribution in [1.29, 1.82) is 0 Å². The number of allylic oxidation sites excluding steroid dienone is 1. The van der Waals surface area contributed by atoms with Crippen molar-refractivity contribution in [2.45, 2.75) is 87.3 Å². The lowest BCUT2D eigenvalue weighted by atomic mass is 9.56. The highest BCUT2D eigenvalue weighted by atomic mass is 32.2. The molecule has 0 aromatic heterocycles. The van der Waals surface area contributed by atoms with E-state index >= 15 is 0 Å². The first-order valence-electron chi connectivity index (χ1n) is 19.4. The molecule has 3 aromatic carbocycles. The molecule has 0 radical (unpaired) electrons. The van der Waals surface area contributed by atoms with Crippen LogP contribution < -0.4 is 14.8 Å². The maximum atomic E-state index is 14.6. The zero-order valence-electron chi connectivity index (χ0n) is 31.8. The predicted octanol–water partition coefficient (Wildman–Crippen LogP) is 8.81. The Balaban J connectivity index is 1.50. The quantitative estimate of drug-likeness (QED) is 0.0629. The second-order valence-electron chi connectivity index (χ2n) is 14.4. The molecule has 3 N–H and O–H groups in total. The topological polar surface area (TPSA) is 119 Å². The lowest BCUT2D eigenvalue weighted by molar-refractivity contribution is -0.223. The van der Waals surface area contributed by atoms with Crippen LogP contribution in [0.1, 0.15) is 75.8 Å². The Bertz CT molecular complexity index is 1830. The number of carbonyl (C=O) groups is 1. The fourth-order valence-electron chi connectivity index (χ4n) is 8.42. The summed E-state index contributed by atoms with van der Waals surface area (Å²) in [7, 11) is 0. The van der Waals surface area contributed by atoms with E-state index in [1.54, 1.807) is 36.0 Å². The van der Waals surface area contributed by atoms with Gasteiger partial charge in [-0.05, 0) is 98.5 Å². The van der Waals surface area contributed by atoms with Gasteiger partial charge in [-0.25, -0.2) is 4.39 Å². The lowest BCUT2D eigenvalue weighted by Gasteiger charge is -2.58. The van der Waals surface area contributed by atoms with Crippen LogP contribution in [0.3, 0.4) is 0 Å². The number of hydrogen-bond donors (Lipinski definition) is 3. The van der Waals surface area contributed by atoms with Crippen LogP contribution in [0, 0.1) is 23.6 Å². The highest BCUT2D eigenvalue weighted by molar-refractivity contribution is 8.00. The van der Waals surface area contributed by atoms with Crippen molar-refractivity contribution < 1.29 is 38.4 Å². The van der Waals surface area contributed by atoms with Crippen LogP contribution in [-0.4, -0.2) is 59.3 Å². The maximum Gasteiger partial charge on any atom is 0.231 e. The highest BCUT2D eigenvalue weighted by Gasteiger charge is 2.64. The second-order valence-corrected chi connectivity index (χ2v) is 15.6. The number of carbonyl (C=O) groups excluding carboxylic acids is 1. The molecule has 1 fully saturated rings. The summed E-state index contributed by atoms with van der Waals surface area (Å²) in [5.41, 5.74) is 4.05. The normalized spacial score (nSPS) is 24.6. The van der Waals surface area contributed by atoms with Gasteiger partial charge in [-0.3, -0.25) is 4.79 Å². The van der Waals surface area contributed by atoms with Crippen molar-refractivity contribution in [3.8, 4) is 11.5 Å². The van der Waals surface area contributed by atoms with E-state index in [0.717, 1.165) is 47.4 Å². The van der Waals surface area contributed by atoms with E-state index in [1.165, 1.54) is 13.0 Å². The Labute approximate surface area is 328 Å². The molecule has 1 amide bonds. The molecule has 6 rings (SSSR count). The van der Waals surface area contributed by atoms with Gasteiger partial charge in [-0.2, -0.15) is 0 Å². The zero-order chi connectivity index (χ0) is 38.8. The summed E-state index contributed by atoms with van der Waals surface area (Å²) < 4.78 is 35.1. The van der Waals surface area contributed by atoms with Gasteiger partial charge in [-0.15, -0.1) is 18.3 Å². The summed E-state index contributed by atoms with van der Waals surface area (Å²) in [4.78, 5) is 18.5. The van der Waals surface area contributed by atoms with Gasteiger partial charge in [0.25, 0.3) is 0 Å². The Morgan fingerprint density at radius 3 is 2.55 bits per heavy atom. The van der Waals surface area contributed by atoms with Crippen LogP contribution in [0.2, 0.25) is 0 Å². The van der Waals surface area contributed by atoms with Crippen LogP contribution in [0.15, 0.2) is 101 Å². The van der Waals surface area contributed by atoms with Crippen molar-refractivity contribution >= 4 is 29.1 Å². The van der Waals surface area contributed by atoms with Crippen molar-refractivity contribution in [2.75, 3.05) is 31.7 Å². The van der Waals surface area contributed by atoms with E-state index < -0.39 is 5.79 Å². The van der Waals surface area contributed by atoms with Crippen LogP contribution >= 0.6 is 11.8 Å². The molecule has 0 unspecified atom stereocenters. The minimum Gasteiger partial charge on any atom is -0.489 e. The number of nitrogens with zero attached hydrogens (tertiary/aromatic N) is 1. The standard InChI is InChI=1S/C44H53FN2O7S/c1-4-24-52-44-41(55-34-19-16-32(17-20-34)46-29(3)50)27-39(47-53-5-2)36-25-30(12-8-10-22-48)35(14-9-11-23-49)42(43(36)44)37-26-33(18-21-40(37)54-44)51-28-31-13-6-7-15-38(31)45/h4,6-7,13,15-21,25-26,30,35,41-43,48-49H,1,5,8-12,14,22-24,27-28H2,2-3H3,(H,46,50)/t30-,35+,41-,42+,43+,44+/m0/s1. The minimum absolute atomic E-state index is 0.0757. The molecule has 3 aliphatic rings. The van der Waals surface area contributed by atoms with E-state index in [1.807, 2.05) is 49.4 Å². The maximum absolute atomic E-state index is 14.6. The van der Waals surface area contributed by atoms with Gasteiger partial charge in [0.15, 0.2) is 0 Å². The van der Waals surface area contributed by atoms with E-state index in [4.69, 9.17) is 24.2 Å². The van der Waals surface area contributed by atoms with E-state index in [2.05, 4.69) is 18.0 Å². The molecule has 0 spiro atoms. The Hall–Kier alpha value is -4.16. The fraction of sp³-hybridized carbons (Fsp3) is 0.455. The van der Waals surface area contributed by atoms with Gasteiger partial charge in [0.05, 0.1) is 23.5 Å². The van der Waals surface area contributed by atoms with Crippen LogP contribution in [0.25, 0.3) is 0 Å². The summed E-state index contributed by atoms with van der Waals surface area (Å²) in [5, 5.41) is 27.0. The number of rotatable bonds is 19. The van der Waals surface area contributed by atoms with Gasteiger partial charge in [0.1, 0.15) is 30.5 Å². The number of unbranched alkanes of at least 4 members (excludes halogenated alkanes) is 2. The van der Waals surface area contributed by atoms with Crippen molar-refractivity contribution in [3.63, 3.8) is 0 Å². The first-order valence-corrected chi connectivity index (χ1v) is 20.3. The molecular formula is C44H53FN2O7S. The van der Waals surface area contributed by atoms with Crippen molar-refractivity contribution in [1.82, 2.24) is 0 Å². The Morgan fingerprint density at radius 2 is 1.84 bits per heavy atom. The molecule has 0 bridgehead atoms. The van der Waals surface area contributed by atoms with Crippen LogP contribution in [-0.2, 0) is 21.0 Å². The SMILES string of the molecule is C=CCO[C@@]12Oc3ccc(OCc4ccccc4F)cc3[C@H]3[C@H](CCCCO)[C@@H](CCCCO)C=C(C(=NOCC)C[C@@H]1Sc1ccc(NC(C)=O)cc1)[C@H]32. The number of aliphatic hydroxyl groups is 2. The number of amides is 1. The number of ether oxygens (including phenoxy) is 3. The Morgan fingerprint density at radius 1 is 1.07 bits per heavy atom. The fourth-order valence-corrected chi connectivity index (χ4v) is 9.71. The molecule has 2 aliphatic carbocycles. The van der Waals surface area contributed by atoms with E-state index in [0.29, 0.717) is 48.6 Å². The average molecular weight is 773 g/mol. The van der Waals surface area contributed by atoms with E-state index in [-0.39, 0.29) is 67.1 Å². The minimum atomic E-state index is -1.15. The molecule has 1 heterocycles. The number of thioether (sulfide) groups is 1. The summed E-state index contributed by atoms with van der Waals surface area (Å²) in [6.07, 6.45) is 9.43. The largest absolute Gasteiger partial charge is 0.489 e. The highest BCUT2D eigenvalue weighted by Crippen LogP contribution is 2.63. The third-order valence-corrected chi connectivity index (χ3v) is 12.1. The predicted molar refractivity (Wildman–Crippen MR) is 214 cm³/mol. The lowest BCUT2D eigenvalue weighted by Crippen LogP contribution is -2.64. The molecular weight excluding hydrogens is 720 g/mol. The number of fused-ring (bicyclic) bond motifs is 2. The summed E-state index contributed by atoms with van der Waals surface area (Å²) in [5.74, 6) is -0.443. The van der Waals surface area contributed by atoms with E-state index in [9.17, 15) is 19.4 Å². The molecule has 1 saturated carbocycles. The smallest absolute Gasteiger partial charge is 0.231 e. The molecule has 1 aliphatic heterocycles. The third-order valence-electron chi connectivity index (χ3n) is 10.7. The van der Waals surface area contributed by atoms with Crippen LogP contribution in [0.4, 0.5) is 10.1 Å². The molecule has 3 aromatic rings. The summed E-state index contributed by atoms with van der Waals surface area (Å²) in [6, 6.07) is 20.2. The molecule has 9 nitrogen and oxygen atoms in total.